The second-order valence-corrected chi connectivity index (χ2v) is 15.8. The number of carboxylic acids is 6. The minimum atomic E-state index is -2.28. The number of benzene rings is 1. The highest BCUT2D eigenvalue weighted by molar-refractivity contribution is 6.00. The maximum Gasteiger partial charge on any atom is 0.326 e. The molecule has 0 fully saturated rings. The van der Waals surface area contributed by atoms with Crippen LogP contribution in [0.4, 0.5) is 0 Å². The van der Waals surface area contributed by atoms with E-state index < -0.39 is 158 Å². The van der Waals surface area contributed by atoms with Gasteiger partial charge in [-0.3, -0.25) is 57.5 Å². The largest absolute Gasteiger partial charge is 0.508 e. The van der Waals surface area contributed by atoms with Gasteiger partial charge < -0.3 is 90.2 Å². The van der Waals surface area contributed by atoms with E-state index in [4.69, 9.17) is 22.3 Å². The number of carbonyl (C=O) groups excluding carboxylic acids is 7. The quantitative estimate of drug-likeness (QED) is 0.0282. The molecule has 394 valence electrons. The number of phenolic OH excluding ortho intramolecular Hbond substituents is 1. The van der Waals surface area contributed by atoms with Crippen LogP contribution in [0, 0.1) is 0 Å². The molecule has 20 N–H and O–H groups in total. The number of phenols is 1. The summed E-state index contributed by atoms with van der Waals surface area (Å²) in [6.07, 6.45) is -5.70. The SMILES string of the molecule is NCCCC[C@H](NC(=O)[C@H](CC(=O)O)NC(=O)[C@H](CC(=O)O)NC(=O)[C@H](CC(=O)O)NC(=O)C(CC(=O)O)NC(=O)[C@H](CCCCN)NC(=O)[C@H](Cc1ccc(O)cc1)NC(=O)[C@@H](N)CC(=O)O)C(=O)O. The lowest BCUT2D eigenvalue weighted by Crippen LogP contribution is -2.61. The van der Waals surface area contributed by atoms with E-state index in [-0.39, 0.29) is 57.4 Å². The Bertz CT molecular complexity index is 2090. The molecule has 0 heterocycles. The Balaban J connectivity index is 3.49. The van der Waals surface area contributed by atoms with E-state index in [1.54, 1.807) is 0 Å². The van der Waals surface area contributed by atoms with E-state index >= 15 is 0 Å². The molecule has 0 bridgehead atoms. The average molecular weight is 1010 g/mol. The van der Waals surface area contributed by atoms with E-state index in [0.29, 0.717) is 12.0 Å². The zero-order valence-electron chi connectivity index (χ0n) is 38.0. The summed E-state index contributed by atoms with van der Waals surface area (Å²) in [6, 6.07) is -9.94. The van der Waals surface area contributed by atoms with Gasteiger partial charge in [-0.15, -0.1) is 0 Å². The van der Waals surface area contributed by atoms with Crippen molar-refractivity contribution in [2.24, 2.45) is 17.2 Å². The summed E-state index contributed by atoms with van der Waals surface area (Å²) < 4.78 is 0. The number of hydrogen-bond acceptors (Lipinski definition) is 17. The van der Waals surface area contributed by atoms with Crippen LogP contribution in [0.25, 0.3) is 0 Å². The van der Waals surface area contributed by atoms with E-state index in [1.165, 1.54) is 24.3 Å². The van der Waals surface area contributed by atoms with Crippen LogP contribution in [0.1, 0.15) is 76.2 Å². The number of hydrogen-bond donors (Lipinski definition) is 17. The number of rotatable bonds is 35. The van der Waals surface area contributed by atoms with Crippen molar-refractivity contribution in [2.75, 3.05) is 13.1 Å². The fraction of sp³-hybridized carbons (Fsp3) is 0.537. The molecule has 1 rings (SSSR count). The molecule has 1 unspecified atom stereocenters. The highest BCUT2D eigenvalue weighted by Crippen LogP contribution is 2.13. The molecule has 30 nitrogen and oxygen atoms in total. The molecule has 0 radical (unpaired) electrons. The number of aliphatic carboxylic acids is 6. The average Bonchev–Trinajstić information content (AvgIpc) is 3.26. The van der Waals surface area contributed by atoms with Crippen LogP contribution >= 0.6 is 0 Å². The van der Waals surface area contributed by atoms with Crippen LogP contribution in [0.5, 0.6) is 5.75 Å². The molecule has 0 spiro atoms. The summed E-state index contributed by atoms with van der Waals surface area (Å²) in [7, 11) is 0. The van der Waals surface area contributed by atoms with Crippen LogP contribution in [-0.2, 0) is 68.7 Å². The van der Waals surface area contributed by atoms with Gasteiger partial charge >= 0.3 is 35.8 Å². The van der Waals surface area contributed by atoms with Crippen LogP contribution in [-0.4, -0.2) is 174 Å². The van der Waals surface area contributed by atoms with Crippen molar-refractivity contribution in [1.82, 2.24) is 37.2 Å². The number of aromatic hydroxyl groups is 1. The van der Waals surface area contributed by atoms with Gasteiger partial charge in [0.2, 0.25) is 41.4 Å². The first-order valence-electron chi connectivity index (χ1n) is 21.7. The van der Waals surface area contributed by atoms with Crippen molar-refractivity contribution in [3.05, 3.63) is 29.8 Å². The van der Waals surface area contributed by atoms with Crippen molar-refractivity contribution >= 4 is 77.2 Å². The molecule has 0 saturated carbocycles. The number of nitrogens with two attached hydrogens (primary N) is 3. The standard InChI is InChI=1S/C41H60N10O20/c42-11-3-1-5-22(45-36(65)24(13-19-7-9-20(52)10-8-19)47-34(63)21(44)14-29(53)54)35(64)48-26(16-31(57)58)38(67)50-28(18-33(61)62)40(69)51-27(17-32(59)60)39(68)49-25(15-30(55)56)37(66)46-23(41(70)71)6-2-4-12-43/h7-10,21-28,52H,1-6,11-18,42-44H2,(H,45,65)(H,46,66)(H,47,63)(H,48,64)(H,49,68)(H,50,67)(H,51,69)(H,53,54)(H,55,56)(H,57,58)(H,59,60)(H,61,62)(H,70,71)/t21-,22-,23-,24-,25-,26?,27-,28-/m0/s1. The normalized spacial score (nSPS) is 14.2. The van der Waals surface area contributed by atoms with Crippen molar-refractivity contribution in [1.29, 1.82) is 0 Å². The predicted molar refractivity (Wildman–Crippen MR) is 238 cm³/mol. The second kappa shape index (κ2) is 31.2. The molecule has 30 heteroatoms. The summed E-state index contributed by atoms with van der Waals surface area (Å²) in [6.45, 7) is 0.271. The first-order chi connectivity index (χ1) is 33.3. The van der Waals surface area contributed by atoms with Gasteiger partial charge in [0.1, 0.15) is 48.0 Å². The first kappa shape index (κ1) is 61.0. The third kappa shape index (κ3) is 24.2. The highest BCUT2D eigenvalue weighted by Gasteiger charge is 2.37. The molecule has 0 aliphatic carbocycles. The molecular formula is C41H60N10O20. The Kier molecular flexibility index (Phi) is 26.8. The van der Waals surface area contributed by atoms with Crippen molar-refractivity contribution < 1.29 is 98.1 Å². The monoisotopic (exact) mass is 1010 g/mol. The maximum absolute atomic E-state index is 13.8. The van der Waals surface area contributed by atoms with Gasteiger partial charge in [-0.1, -0.05) is 12.1 Å². The van der Waals surface area contributed by atoms with Gasteiger partial charge in [0.15, 0.2) is 0 Å². The number of unbranched alkanes of at least 4 members (excludes halogenated alkanes) is 2. The zero-order valence-corrected chi connectivity index (χ0v) is 38.0. The molecule has 0 aliphatic heterocycles. The van der Waals surface area contributed by atoms with Crippen LogP contribution in [0.15, 0.2) is 24.3 Å². The number of nitrogens with one attached hydrogen (secondary N) is 7. The topological polar surface area (TPSA) is 526 Å². The van der Waals surface area contributed by atoms with E-state index in [1.807, 2.05) is 16.0 Å². The number of carbonyl (C=O) groups is 13. The first-order valence-corrected chi connectivity index (χ1v) is 21.7. The molecule has 1 aromatic rings. The lowest BCUT2D eigenvalue weighted by Gasteiger charge is -2.27. The predicted octanol–water partition coefficient (Wildman–Crippen LogP) is -5.63. The Morgan fingerprint density at radius 3 is 1.03 bits per heavy atom. The number of carboxylic acid groups (broad SMARTS) is 6. The summed E-state index contributed by atoms with van der Waals surface area (Å²) in [5, 5.41) is 81.0. The molecular weight excluding hydrogens is 953 g/mol. The van der Waals surface area contributed by atoms with Gasteiger partial charge in [0.05, 0.1) is 38.1 Å². The second-order valence-electron chi connectivity index (χ2n) is 15.8. The van der Waals surface area contributed by atoms with Gasteiger partial charge in [-0.05, 0) is 69.3 Å². The van der Waals surface area contributed by atoms with Crippen LogP contribution in [0.3, 0.4) is 0 Å². The fourth-order valence-electron chi connectivity index (χ4n) is 6.32. The Morgan fingerprint density at radius 2 is 0.690 bits per heavy atom. The van der Waals surface area contributed by atoms with E-state index in [9.17, 15) is 93.0 Å². The summed E-state index contributed by atoms with van der Waals surface area (Å²) in [5.41, 5.74) is 17.0. The fourth-order valence-corrected chi connectivity index (χ4v) is 6.32. The van der Waals surface area contributed by atoms with Crippen molar-refractivity contribution in [2.45, 2.75) is 125 Å². The third-order valence-corrected chi connectivity index (χ3v) is 9.93. The van der Waals surface area contributed by atoms with E-state index in [0.717, 1.165) is 0 Å². The Morgan fingerprint density at radius 1 is 0.394 bits per heavy atom. The smallest absolute Gasteiger partial charge is 0.326 e. The summed E-state index contributed by atoms with van der Waals surface area (Å²) >= 11 is 0. The summed E-state index contributed by atoms with van der Waals surface area (Å²) in [5.74, 6) is -19.6. The maximum atomic E-state index is 13.8. The molecule has 7 amide bonds. The molecule has 0 aliphatic rings. The lowest BCUT2D eigenvalue weighted by molar-refractivity contribution is -0.145. The van der Waals surface area contributed by atoms with Gasteiger partial charge in [0.25, 0.3) is 0 Å². The third-order valence-electron chi connectivity index (χ3n) is 9.93. The van der Waals surface area contributed by atoms with Gasteiger partial charge in [-0.2, -0.15) is 0 Å². The van der Waals surface area contributed by atoms with Crippen LogP contribution < -0.4 is 54.4 Å². The highest BCUT2D eigenvalue weighted by atomic mass is 16.4. The molecule has 0 aromatic heterocycles. The lowest BCUT2D eigenvalue weighted by atomic mass is 10.0. The minimum Gasteiger partial charge on any atom is -0.508 e. The number of amides is 7. The summed E-state index contributed by atoms with van der Waals surface area (Å²) in [4.78, 5) is 164. The minimum absolute atomic E-state index is 0.0940. The zero-order chi connectivity index (χ0) is 54.0. The van der Waals surface area contributed by atoms with Crippen LogP contribution in [0.2, 0.25) is 0 Å². The van der Waals surface area contributed by atoms with Gasteiger partial charge in [0, 0.05) is 6.42 Å². The molecule has 8 atom stereocenters. The molecule has 71 heavy (non-hydrogen) atoms. The Labute approximate surface area is 403 Å². The van der Waals surface area contributed by atoms with Crippen molar-refractivity contribution in [3.8, 4) is 5.75 Å². The van der Waals surface area contributed by atoms with Gasteiger partial charge in [-0.25, -0.2) is 4.79 Å². The van der Waals surface area contributed by atoms with Crippen molar-refractivity contribution in [3.63, 3.8) is 0 Å². The molecule has 1 aromatic carbocycles. The van der Waals surface area contributed by atoms with E-state index in [2.05, 4.69) is 21.3 Å². The Hall–Kier alpha value is -7.99. The molecule has 0 saturated heterocycles.